The molecule has 0 aliphatic carbocycles. The van der Waals surface area contributed by atoms with E-state index in [4.69, 9.17) is 34.8 Å². The van der Waals surface area contributed by atoms with E-state index in [0.717, 1.165) is 15.4 Å². The van der Waals surface area contributed by atoms with Crippen LogP contribution in [0.5, 0.6) is 0 Å². The summed E-state index contributed by atoms with van der Waals surface area (Å²) < 4.78 is 0. The molecule has 0 aromatic heterocycles. The minimum absolute atomic E-state index is 0.517. The van der Waals surface area contributed by atoms with Gasteiger partial charge in [-0.25, -0.2) is 0 Å². The highest BCUT2D eigenvalue weighted by molar-refractivity contribution is 7.99. The molecule has 1 N–H and O–H groups in total. The zero-order valence-electron chi connectivity index (χ0n) is 10.0. The number of aliphatic hydroxyl groups is 1. The van der Waals surface area contributed by atoms with Crippen molar-refractivity contribution in [2.75, 3.05) is 0 Å². The van der Waals surface area contributed by atoms with E-state index in [9.17, 15) is 5.11 Å². The molecule has 100 valence electrons. The predicted octanol–water partition coefficient (Wildman–Crippen LogP) is 5.85. The summed E-state index contributed by atoms with van der Waals surface area (Å²) in [7, 11) is 0. The highest BCUT2D eigenvalue weighted by Crippen LogP contribution is 2.37. The molecule has 5 heteroatoms. The standard InChI is InChI=1S/C14H11Cl3OS/c1-8(18)9-2-5-14(13(17)6-9)19-10-3-4-11(15)12(16)7-10/h2-8,18H,1H3/t8-/m0/s1. The van der Waals surface area contributed by atoms with Crippen molar-refractivity contribution in [1.29, 1.82) is 0 Å². The summed E-state index contributed by atoms with van der Waals surface area (Å²) in [5.74, 6) is 0. The Bertz CT molecular complexity index is 599. The average molecular weight is 334 g/mol. The summed E-state index contributed by atoms with van der Waals surface area (Å²) in [6.45, 7) is 1.71. The molecule has 0 radical (unpaired) electrons. The Morgan fingerprint density at radius 3 is 2.26 bits per heavy atom. The first-order chi connectivity index (χ1) is 8.97. The third kappa shape index (κ3) is 3.80. The van der Waals surface area contributed by atoms with E-state index in [2.05, 4.69) is 0 Å². The molecule has 0 fully saturated rings. The smallest absolute Gasteiger partial charge is 0.0762 e. The summed E-state index contributed by atoms with van der Waals surface area (Å²) in [6, 6.07) is 11.0. The molecule has 0 spiro atoms. The first-order valence-corrected chi connectivity index (χ1v) is 7.53. The fraction of sp³-hybridized carbons (Fsp3) is 0.143. The van der Waals surface area contributed by atoms with Crippen LogP contribution in [0.25, 0.3) is 0 Å². The van der Waals surface area contributed by atoms with E-state index in [0.29, 0.717) is 15.1 Å². The van der Waals surface area contributed by atoms with Gasteiger partial charge < -0.3 is 5.11 Å². The SMILES string of the molecule is C[C@H](O)c1ccc(Sc2ccc(Cl)c(Cl)c2)c(Cl)c1. The summed E-state index contributed by atoms with van der Waals surface area (Å²) in [6.07, 6.45) is -0.526. The van der Waals surface area contributed by atoms with Gasteiger partial charge in [-0.3, -0.25) is 0 Å². The maximum atomic E-state index is 9.50. The van der Waals surface area contributed by atoms with E-state index in [1.165, 1.54) is 11.8 Å². The lowest BCUT2D eigenvalue weighted by Gasteiger charge is -2.09. The van der Waals surface area contributed by atoms with Gasteiger partial charge in [0.25, 0.3) is 0 Å². The first-order valence-electron chi connectivity index (χ1n) is 5.58. The van der Waals surface area contributed by atoms with Gasteiger partial charge in [-0.05, 0) is 42.8 Å². The molecule has 0 unspecified atom stereocenters. The number of rotatable bonds is 3. The zero-order valence-corrected chi connectivity index (χ0v) is 13.1. The highest BCUT2D eigenvalue weighted by atomic mass is 35.5. The van der Waals surface area contributed by atoms with Crippen LogP contribution in [-0.2, 0) is 0 Å². The fourth-order valence-electron chi connectivity index (χ4n) is 1.53. The molecule has 0 saturated carbocycles. The van der Waals surface area contributed by atoms with E-state index >= 15 is 0 Å². The van der Waals surface area contributed by atoms with Crippen LogP contribution in [0.4, 0.5) is 0 Å². The van der Waals surface area contributed by atoms with Crippen LogP contribution in [0, 0.1) is 0 Å². The lowest BCUT2D eigenvalue weighted by molar-refractivity contribution is 0.199. The van der Waals surface area contributed by atoms with Crippen LogP contribution < -0.4 is 0 Å². The second kappa shape index (κ2) is 6.38. The van der Waals surface area contributed by atoms with Gasteiger partial charge in [0, 0.05) is 9.79 Å². The number of hydrogen-bond donors (Lipinski definition) is 1. The third-order valence-electron chi connectivity index (χ3n) is 2.56. The van der Waals surface area contributed by atoms with Crippen molar-refractivity contribution < 1.29 is 5.11 Å². The summed E-state index contributed by atoms with van der Waals surface area (Å²) in [5, 5.41) is 11.2. The summed E-state index contributed by atoms with van der Waals surface area (Å²) >= 11 is 19.6. The molecule has 0 bridgehead atoms. The number of aliphatic hydroxyl groups excluding tert-OH is 1. The zero-order chi connectivity index (χ0) is 14.0. The predicted molar refractivity (Wildman–Crippen MR) is 82.7 cm³/mol. The second-order valence-electron chi connectivity index (χ2n) is 4.04. The van der Waals surface area contributed by atoms with Gasteiger partial charge in [0.1, 0.15) is 0 Å². The van der Waals surface area contributed by atoms with Crippen LogP contribution in [-0.4, -0.2) is 5.11 Å². The molecule has 0 heterocycles. The van der Waals surface area contributed by atoms with Crippen LogP contribution >= 0.6 is 46.6 Å². The molecule has 0 aliphatic rings. The minimum atomic E-state index is -0.526. The second-order valence-corrected chi connectivity index (χ2v) is 6.38. The molecule has 1 nitrogen and oxygen atoms in total. The third-order valence-corrected chi connectivity index (χ3v) is 4.79. The molecule has 0 saturated heterocycles. The number of halogens is 3. The molecule has 2 rings (SSSR count). The van der Waals surface area contributed by atoms with Crippen molar-refractivity contribution in [3.05, 3.63) is 57.0 Å². The van der Waals surface area contributed by atoms with Gasteiger partial charge >= 0.3 is 0 Å². The van der Waals surface area contributed by atoms with Gasteiger partial charge in [-0.15, -0.1) is 0 Å². The molecule has 2 aromatic rings. The molecular weight excluding hydrogens is 323 g/mol. The Kier molecular flexibility index (Phi) is 5.04. The summed E-state index contributed by atoms with van der Waals surface area (Å²) in [5.41, 5.74) is 0.795. The maximum Gasteiger partial charge on any atom is 0.0762 e. The van der Waals surface area contributed by atoms with Crippen molar-refractivity contribution in [3.63, 3.8) is 0 Å². The van der Waals surface area contributed by atoms with Gasteiger partial charge in [0.2, 0.25) is 0 Å². The van der Waals surface area contributed by atoms with Crippen molar-refractivity contribution in [2.45, 2.75) is 22.8 Å². The van der Waals surface area contributed by atoms with Gasteiger partial charge in [-0.2, -0.15) is 0 Å². The highest BCUT2D eigenvalue weighted by Gasteiger charge is 2.08. The fourth-order valence-corrected chi connectivity index (χ4v) is 3.05. The van der Waals surface area contributed by atoms with Gasteiger partial charge in [0.15, 0.2) is 0 Å². The van der Waals surface area contributed by atoms with Gasteiger partial charge in [-0.1, -0.05) is 52.6 Å². The van der Waals surface area contributed by atoms with Crippen LogP contribution in [0.15, 0.2) is 46.2 Å². The normalized spacial score (nSPS) is 12.5. The van der Waals surface area contributed by atoms with E-state index in [1.807, 2.05) is 18.2 Å². The lowest BCUT2D eigenvalue weighted by Crippen LogP contribution is -1.90. The minimum Gasteiger partial charge on any atom is -0.389 e. The van der Waals surface area contributed by atoms with Crippen molar-refractivity contribution in [1.82, 2.24) is 0 Å². The number of benzene rings is 2. The monoisotopic (exact) mass is 332 g/mol. The van der Waals surface area contributed by atoms with Crippen LogP contribution in [0.1, 0.15) is 18.6 Å². The Hall–Kier alpha value is -0.380. The lowest BCUT2D eigenvalue weighted by atomic mass is 10.1. The average Bonchev–Trinajstić information content (AvgIpc) is 2.36. The van der Waals surface area contributed by atoms with Crippen LogP contribution in [0.3, 0.4) is 0 Å². The Morgan fingerprint density at radius 1 is 0.947 bits per heavy atom. The van der Waals surface area contributed by atoms with E-state index in [1.54, 1.807) is 25.1 Å². The molecule has 1 atom stereocenters. The topological polar surface area (TPSA) is 20.2 Å². The van der Waals surface area contributed by atoms with Crippen molar-refractivity contribution >= 4 is 46.6 Å². The van der Waals surface area contributed by atoms with Crippen molar-refractivity contribution in [2.24, 2.45) is 0 Å². The first kappa shape index (κ1) is 15.0. The van der Waals surface area contributed by atoms with E-state index in [-0.39, 0.29) is 0 Å². The largest absolute Gasteiger partial charge is 0.389 e. The molecule has 19 heavy (non-hydrogen) atoms. The molecular formula is C14H11Cl3OS. The summed E-state index contributed by atoms with van der Waals surface area (Å²) in [4.78, 5) is 1.87. The number of hydrogen-bond acceptors (Lipinski definition) is 2. The maximum absolute atomic E-state index is 9.50. The molecule has 2 aromatic carbocycles. The quantitative estimate of drug-likeness (QED) is 0.760. The Balaban J connectivity index is 2.25. The molecule has 0 aliphatic heterocycles. The van der Waals surface area contributed by atoms with Crippen LogP contribution in [0.2, 0.25) is 15.1 Å². The van der Waals surface area contributed by atoms with E-state index < -0.39 is 6.10 Å². The van der Waals surface area contributed by atoms with Gasteiger partial charge in [0.05, 0.1) is 21.2 Å². The Morgan fingerprint density at radius 2 is 1.68 bits per heavy atom. The molecule has 0 amide bonds. The Labute approximate surface area is 131 Å². The van der Waals surface area contributed by atoms with Crippen molar-refractivity contribution in [3.8, 4) is 0 Å².